The monoisotopic (exact) mass is 451 g/mol. The van der Waals surface area contributed by atoms with Gasteiger partial charge in [0.15, 0.2) is 0 Å². The first kappa shape index (κ1) is 21.7. The van der Waals surface area contributed by atoms with E-state index in [4.69, 9.17) is 9.47 Å². The average Bonchev–Trinajstić information content (AvgIpc) is 3.42. The lowest BCUT2D eigenvalue weighted by Crippen LogP contribution is -2.36. The standard InChI is InChI=1S/C25H29N3O5/c1-32-24(31)22-19-6-10-27(23(30)18-14-25(18)7-2-3-8-25)11-12-28(19)21(29)13-20(22)33-16-17-5-4-9-26-15-17/h4-5,9,13,15,18H,2-3,6-8,10-12,14,16H2,1H3/t18-/m1/s1. The van der Waals surface area contributed by atoms with Crippen LogP contribution in [-0.2, 0) is 29.1 Å². The third-order valence-electron chi connectivity index (χ3n) is 7.50. The van der Waals surface area contributed by atoms with Crippen molar-refractivity contribution in [1.29, 1.82) is 0 Å². The molecule has 1 spiro atoms. The predicted molar refractivity (Wildman–Crippen MR) is 120 cm³/mol. The van der Waals surface area contributed by atoms with Crippen LogP contribution in [0.5, 0.6) is 5.75 Å². The molecule has 2 aliphatic carbocycles. The summed E-state index contributed by atoms with van der Waals surface area (Å²) in [7, 11) is 1.32. The van der Waals surface area contributed by atoms with E-state index in [1.165, 1.54) is 26.0 Å². The van der Waals surface area contributed by atoms with Gasteiger partial charge in [-0.2, -0.15) is 0 Å². The number of rotatable bonds is 5. The molecule has 0 radical (unpaired) electrons. The molecule has 1 atom stereocenters. The molecule has 5 rings (SSSR count). The van der Waals surface area contributed by atoms with Gasteiger partial charge in [-0.3, -0.25) is 14.6 Å². The highest BCUT2D eigenvalue weighted by molar-refractivity contribution is 5.93. The Bertz CT molecular complexity index is 1120. The topological polar surface area (TPSA) is 90.7 Å². The van der Waals surface area contributed by atoms with Crippen LogP contribution in [0.1, 0.15) is 53.7 Å². The number of methoxy groups -OCH3 is 1. The van der Waals surface area contributed by atoms with Gasteiger partial charge in [-0.05, 0) is 30.7 Å². The van der Waals surface area contributed by atoms with Crippen LogP contribution >= 0.6 is 0 Å². The van der Waals surface area contributed by atoms with Gasteiger partial charge in [-0.25, -0.2) is 4.79 Å². The normalized spacial score (nSPS) is 20.8. The van der Waals surface area contributed by atoms with Gasteiger partial charge in [0.2, 0.25) is 5.91 Å². The van der Waals surface area contributed by atoms with Gasteiger partial charge < -0.3 is 18.9 Å². The number of esters is 1. The molecule has 2 fully saturated rings. The Kier molecular flexibility index (Phi) is 5.68. The molecule has 33 heavy (non-hydrogen) atoms. The molecular weight excluding hydrogens is 422 g/mol. The summed E-state index contributed by atoms with van der Waals surface area (Å²) in [6.45, 7) is 1.47. The van der Waals surface area contributed by atoms with E-state index < -0.39 is 5.97 Å². The number of fused-ring (bicyclic) bond motifs is 1. The Morgan fingerprint density at radius 1 is 1.21 bits per heavy atom. The number of pyridine rings is 2. The molecule has 2 aromatic rings. The van der Waals surface area contributed by atoms with Gasteiger partial charge in [-0.15, -0.1) is 0 Å². The van der Waals surface area contributed by atoms with E-state index in [2.05, 4.69) is 4.98 Å². The van der Waals surface area contributed by atoms with Crippen LogP contribution in [-0.4, -0.2) is 46.5 Å². The Labute approximate surface area is 192 Å². The van der Waals surface area contributed by atoms with Crippen LogP contribution < -0.4 is 10.3 Å². The molecule has 0 bridgehead atoms. The van der Waals surface area contributed by atoms with Gasteiger partial charge >= 0.3 is 5.97 Å². The molecule has 2 saturated carbocycles. The zero-order valence-electron chi connectivity index (χ0n) is 18.9. The van der Waals surface area contributed by atoms with E-state index in [0.29, 0.717) is 31.7 Å². The van der Waals surface area contributed by atoms with Gasteiger partial charge in [0, 0.05) is 61.7 Å². The smallest absolute Gasteiger partial charge is 0.343 e. The quantitative estimate of drug-likeness (QED) is 0.649. The fourth-order valence-electron chi connectivity index (χ4n) is 5.60. The molecule has 0 aromatic carbocycles. The number of hydrogen-bond acceptors (Lipinski definition) is 6. The summed E-state index contributed by atoms with van der Waals surface area (Å²) in [5.74, 6) is -0.0255. The summed E-state index contributed by atoms with van der Waals surface area (Å²) in [5.41, 5.74) is 1.64. The minimum Gasteiger partial charge on any atom is -0.488 e. The van der Waals surface area contributed by atoms with Gasteiger partial charge in [0.1, 0.15) is 17.9 Å². The van der Waals surface area contributed by atoms with Crippen molar-refractivity contribution >= 4 is 11.9 Å². The number of ether oxygens (including phenoxy) is 2. The SMILES string of the molecule is COC(=O)c1c(OCc2cccnc2)cc(=O)n2c1CCN(C(=O)[C@H]1CC13CCCC3)CC2. The fourth-order valence-corrected chi connectivity index (χ4v) is 5.60. The van der Waals surface area contributed by atoms with Crippen molar-refractivity contribution in [1.82, 2.24) is 14.5 Å². The minimum atomic E-state index is -0.549. The van der Waals surface area contributed by atoms with Crippen molar-refractivity contribution in [2.24, 2.45) is 11.3 Å². The van der Waals surface area contributed by atoms with E-state index in [1.54, 1.807) is 23.0 Å². The number of nitrogens with zero attached hydrogens (tertiary/aromatic N) is 3. The zero-order valence-corrected chi connectivity index (χ0v) is 18.9. The molecule has 1 aliphatic heterocycles. The van der Waals surface area contributed by atoms with Crippen LogP contribution in [0.25, 0.3) is 0 Å². The van der Waals surface area contributed by atoms with E-state index in [1.807, 2.05) is 11.0 Å². The molecule has 174 valence electrons. The molecule has 0 unspecified atom stereocenters. The lowest BCUT2D eigenvalue weighted by atomic mass is 10.0. The molecular formula is C25H29N3O5. The fraction of sp³-hybridized carbons (Fsp3) is 0.520. The van der Waals surface area contributed by atoms with Gasteiger partial charge in [0.05, 0.1) is 7.11 Å². The number of aromatic nitrogens is 2. The van der Waals surface area contributed by atoms with Crippen LogP contribution in [0.2, 0.25) is 0 Å². The molecule has 0 saturated heterocycles. The van der Waals surface area contributed by atoms with Crippen molar-refractivity contribution in [2.45, 2.75) is 51.7 Å². The minimum absolute atomic E-state index is 0.122. The molecule has 0 N–H and O–H groups in total. The second-order valence-corrected chi connectivity index (χ2v) is 9.36. The van der Waals surface area contributed by atoms with Crippen LogP contribution in [0.15, 0.2) is 35.4 Å². The maximum absolute atomic E-state index is 13.2. The number of hydrogen-bond donors (Lipinski definition) is 0. The highest BCUT2D eigenvalue weighted by atomic mass is 16.5. The molecule has 1 amide bonds. The lowest BCUT2D eigenvalue weighted by Gasteiger charge is -2.21. The molecule has 2 aromatic heterocycles. The lowest BCUT2D eigenvalue weighted by molar-refractivity contribution is -0.133. The molecule has 8 heteroatoms. The van der Waals surface area contributed by atoms with E-state index in [9.17, 15) is 14.4 Å². The van der Waals surface area contributed by atoms with Gasteiger partial charge in [0.25, 0.3) is 5.56 Å². The number of amides is 1. The summed E-state index contributed by atoms with van der Waals surface area (Å²) in [6, 6.07) is 5.00. The number of carbonyl (C=O) groups is 2. The van der Waals surface area contributed by atoms with E-state index >= 15 is 0 Å². The van der Waals surface area contributed by atoms with Crippen molar-refractivity contribution in [3.05, 3.63) is 57.8 Å². The maximum atomic E-state index is 13.2. The highest BCUT2D eigenvalue weighted by Crippen LogP contribution is 2.63. The first-order valence-electron chi connectivity index (χ1n) is 11.7. The molecule has 8 nitrogen and oxygen atoms in total. The predicted octanol–water partition coefficient (Wildman–Crippen LogP) is 2.57. The maximum Gasteiger partial charge on any atom is 0.343 e. The van der Waals surface area contributed by atoms with E-state index in [-0.39, 0.29) is 40.7 Å². The Morgan fingerprint density at radius 2 is 2.03 bits per heavy atom. The summed E-state index contributed by atoms with van der Waals surface area (Å²) in [6.07, 6.45) is 9.48. The molecule has 3 heterocycles. The van der Waals surface area contributed by atoms with Crippen molar-refractivity contribution in [3.8, 4) is 5.75 Å². The summed E-state index contributed by atoms with van der Waals surface area (Å²) in [4.78, 5) is 44.9. The summed E-state index contributed by atoms with van der Waals surface area (Å²) < 4.78 is 12.5. The van der Waals surface area contributed by atoms with Crippen LogP contribution in [0.3, 0.4) is 0 Å². The van der Waals surface area contributed by atoms with E-state index in [0.717, 1.165) is 24.8 Å². The second-order valence-electron chi connectivity index (χ2n) is 9.36. The van der Waals surface area contributed by atoms with Crippen molar-refractivity contribution in [2.75, 3.05) is 20.2 Å². The third kappa shape index (κ3) is 4.03. The Morgan fingerprint density at radius 3 is 2.76 bits per heavy atom. The largest absolute Gasteiger partial charge is 0.488 e. The summed E-state index contributed by atoms with van der Waals surface area (Å²) >= 11 is 0. The Balaban J connectivity index is 1.39. The van der Waals surface area contributed by atoms with Crippen LogP contribution in [0.4, 0.5) is 0 Å². The third-order valence-corrected chi connectivity index (χ3v) is 7.50. The second kappa shape index (κ2) is 8.65. The first-order chi connectivity index (χ1) is 16.0. The highest BCUT2D eigenvalue weighted by Gasteiger charge is 2.59. The van der Waals surface area contributed by atoms with Crippen molar-refractivity contribution in [3.63, 3.8) is 0 Å². The average molecular weight is 452 g/mol. The summed E-state index contributed by atoms with van der Waals surface area (Å²) in [5, 5.41) is 0. The van der Waals surface area contributed by atoms with Crippen LogP contribution in [0, 0.1) is 11.3 Å². The molecule has 3 aliphatic rings. The first-order valence-corrected chi connectivity index (χ1v) is 11.7. The Hall–Kier alpha value is -3.16. The zero-order chi connectivity index (χ0) is 23.0. The number of carbonyl (C=O) groups excluding carboxylic acids is 2. The van der Waals surface area contributed by atoms with Gasteiger partial charge in [-0.1, -0.05) is 18.9 Å². The van der Waals surface area contributed by atoms with Crippen molar-refractivity contribution < 1.29 is 19.1 Å².